The molecule has 4 aliphatic heterocycles. The lowest BCUT2D eigenvalue weighted by atomic mass is 9.74. The molecular formula is C37H58O13. The van der Waals surface area contributed by atoms with E-state index in [4.69, 9.17) is 33.2 Å². The van der Waals surface area contributed by atoms with Crippen LogP contribution in [0.15, 0.2) is 23.8 Å². The van der Waals surface area contributed by atoms with Crippen molar-refractivity contribution >= 4 is 17.9 Å². The number of hydrogen-bond donors (Lipinski definition) is 3. The second kappa shape index (κ2) is 18.9. The minimum atomic E-state index is -2.24. The molecule has 3 fully saturated rings. The Hall–Kier alpha value is -2.39. The van der Waals surface area contributed by atoms with Crippen LogP contribution in [0.25, 0.3) is 0 Å². The normalized spacial score (nSPS) is 36.6. The summed E-state index contributed by atoms with van der Waals surface area (Å²) < 4.78 is 41.2. The molecule has 0 aromatic rings. The fourth-order valence-electron chi connectivity index (χ4n) is 7.18. The van der Waals surface area contributed by atoms with E-state index in [0.717, 1.165) is 44.9 Å². The van der Waals surface area contributed by atoms with E-state index in [9.17, 15) is 29.7 Å². The van der Waals surface area contributed by atoms with Gasteiger partial charge in [0.05, 0.1) is 57.3 Å². The molecule has 4 heterocycles. The van der Waals surface area contributed by atoms with Gasteiger partial charge in [0.25, 0.3) is 0 Å². The monoisotopic (exact) mass is 710 g/mol. The number of ether oxygens (including phenoxy) is 7. The van der Waals surface area contributed by atoms with Gasteiger partial charge in [0.15, 0.2) is 12.4 Å². The topological polar surface area (TPSA) is 177 Å². The zero-order valence-electron chi connectivity index (χ0n) is 30.1. The Morgan fingerprint density at radius 2 is 1.74 bits per heavy atom. The lowest BCUT2D eigenvalue weighted by molar-refractivity contribution is -0.327. The summed E-state index contributed by atoms with van der Waals surface area (Å²) in [6.07, 6.45) is 6.61. The highest BCUT2D eigenvalue weighted by molar-refractivity contribution is 5.83. The molecule has 3 saturated heterocycles. The number of hydrogen-bond acceptors (Lipinski definition) is 13. The van der Waals surface area contributed by atoms with E-state index in [-0.39, 0.29) is 56.0 Å². The van der Waals surface area contributed by atoms with Crippen molar-refractivity contribution in [2.75, 3.05) is 20.3 Å². The van der Waals surface area contributed by atoms with Crippen LogP contribution >= 0.6 is 0 Å². The summed E-state index contributed by atoms with van der Waals surface area (Å²) in [5, 5.41) is 33.5. The molecule has 0 radical (unpaired) electrons. The zero-order valence-corrected chi connectivity index (χ0v) is 30.1. The van der Waals surface area contributed by atoms with Gasteiger partial charge in [-0.25, -0.2) is 4.79 Å². The average molecular weight is 711 g/mol. The lowest BCUT2D eigenvalue weighted by Crippen LogP contribution is -2.62. The van der Waals surface area contributed by atoms with Gasteiger partial charge < -0.3 is 48.5 Å². The van der Waals surface area contributed by atoms with Crippen LogP contribution in [0, 0.1) is 5.41 Å². The molecule has 4 aliphatic rings. The number of rotatable bonds is 9. The quantitative estimate of drug-likeness (QED) is 0.103. The molecule has 13 nitrogen and oxygen atoms in total. The fourth-order valence-corrected chi connectivity index (χ4v) is 7.18. The van der Waals surface area contributed by atoms with Crippen molar-refractivity contribution < 1.29 is 62.9 Å². The van der Waals surface area contributed by atoms with E-state index in [1.165, 1.54) is 13.2 Å². The summed E-state index contributed by atoms with van der Waals surface area (Å²) >= 11 is 0. The number of methoxy groups -OCH3 is 1. The first-order chi connectivity index (χ1) is 23.8. The van der Waals surface area contributed by atoms with Crippen molar-refractivity contribution in [3.63, 3.8) is 0 Å². The number of aliphatic hydroxyl groups excluding tert-OH is 2. The van der Waals surface area contributed by atoms with Crippen molar-refractivity contribution in [1.82, 2.24) is 0 Å². The maximum atomic E-state index is 13.2. The van der Waals surface area contributed by atoms with Gasteiger partial charge in [0.2, 0.25) is 5.79 Å². The second-order valence-electron chi connectivity index (χ2n) is 14.6. The molecule has 50 heavy (non-hydrogen) atoms. The first kappa shape index (κ1) is 40.4. The Morgan fingerprint density at radius 3 is 2.46 bits per heavy atom. The molecular weight excluding hydrogens is 652 g/mol. The van der Waals surface area contributed by atoms with Crippen molar-refractivity contribution in [2.45, 2.75) is 165 Å². The zero-order chi connectivity index (χ0) is 36.3. The molecule has 0 aliphatic carbocycles. The number of aliphatic hydroxyl groups is 3. The fraction of sp³-hybridized carbons (Fsp3) is 0.811. The maximum absolute atomic E-state index is 13.2. The summed E-state index contributed by atoms with van der Waals surface area (Å²) in [6.45, 7) is 5.29. The summed E-state index contributed by atoms with van der Waals surface area (Å²) in [4.78, 5) is 38.8. The van der Waals surface area contributed by atoms with Crippen LogP contribution in [0.1, 0.15) is 111 Å². The molecule has 0 saturated carbocycles. The molecule has 0 aromatic carbocycles. The summed E-state index contributed by atoms with van der Waals surface area (Å²) in [6, 6.07) is 0. The Labute approximate surface area is 295 Å². The Balaban J connectivity index is 1.66. The smallest absolute Gasteiger partial charge is 0.330 e. The number of carbonyl (C=O) groups is 3. The van der Waals surface area contributed by atoms with Crippen LogP contribution in [0.4, 0.5) is 0 Å². The Bertz CT molecular complexity index is 1180. The third-order valence-electron chi connectivity index (χ3n) is 10.0. The van der Waals surface area contributed by atoms with E-state index < -0.39 is 66.4 Å². The number of carbonyl (C=O) groups excluding carboxylic acids is 3. The molecule has 284 valence electrons. The van der Waals surface area contributed by atoms with Crippen LogP contribution in [0.2, 0.25) is 0 Å². The standard InChI is InChI=1S/C37H58O13/c1-5-6-7-8-9-13-31(40)49-35-24(17-32(41)44-4)16-28-21-29(22-38)47-33(42)19-25(39)18-26-11-10-12-27(46-26)20-30-23-45-34(48-30)14-15-36(2,3)37(35,43)50-28/h14-15,17,25-30,34-35,38-39,43H,5-13,16,18-23H2,1-4H3/b15-14+,24-17+/t25-,26+,27-,28?,29-,30-,34+,35+,37-/m1/s1. The predicted molar refractivity (Wildman–Crippen MR) is 179 cm³/mol. The van der Waals surface area contributed by atoms with Gasteiger partial charge in [0.1, 0.15) is 6.10 Å². The maximum Gasteiger partial charge on any atom is 0.330 e. The van der Waals surface area contributed by atoms with E-state index in [0.29, 0.717) is 19.4 Å². The minimum absolute atomic E-state index is 0.000953. The lowest BCUT2D eigenvalue weighted by Gasteiger charge is -2.51. The average Bonchev–Trinajstić information content (AvgIpc) is 3.51. The van der Waals surface area contributed by atoms with Gasteiger partial charge in [-0.15, -0.1) is 0 Å². The molecule has 0 spiro atoms. The van der Waals surface area contributed by atoms with Crippen LogP contribution in [-0.4, -0.2) is 108 Å². The summed E-state index contributed by atoms with van der Waals surface area (Å²) in [7, 11) is 1.22. The third-order valence-corrected chi connectivity index (χ3v) is 10.0. The second-order valence-corrected chi connectivity index (χ2v) is 14.6. The predicted octanol–water partition coefficient (Wildman–Crippen LogP) is 3.94. The number of cyclic esters (lactones) is 1. The van der Waals surface area contributed by atoms with Crippen LogP contribution in [0.5, 0.6) is 0 Å². The molecule has 1 unspecified atom stereocenters. The first-order valence-electron chi connectivity index (χ1n) is 18.3. The van der Waals surface area contributed by atoms with Crippen molar-refractivity contribution in [3.05, 3.63) is 23.8 Å². The summed E-state index contributed by atoms with van der Waals surface area (Å²) in [5.41, 5.74) is -1.04. The molecule has 13 heteroatoms. The van der Waals surface area contributed by atoms with Gasteiger partial charge in [0, 0.05) is 37.2 Å². The minimum Gasteiger partial charge on any atom is -0.466 e. The van der Waals surface area contributed by atoms with Crippen molar-refractivity contribution in [3.8, 4) is 0 Å². The number of fused-ring (bicyclic) bond motifs is 6. The van der Waals surface area contributed by atoms with Crippen LogP contribution < -0.4 is 0 Å². The van der Waals surface area contributed by atoms with Gasteiger partial charge in [-0.05, 0) is 43.8 Å². The SMILES string of the molecule is CCCCCCCC(=O)O[C@H]1/C(=C/C(=O)OC)CC2C[C@H](CO)OC(=O)C[C@H](O)C[C@@H]3CCC[C@H](C[C@@H]4CO[C@H](/C=C/C(C)(C)[C@]1(O)O2)O4)O3. The van der Waals surface area contributed by atoms with Crippen molar-refractivity contribution in [2.24, 2.45) is 5.41 Å². The van der Waals surface area contributed by atoms with Crippen molar-refractivity contribution in [1.29, 1.82) is 0 Å². The van der Waals surface area contributed by atoms with Crippen LogP contribution in [0.3, 0.4) is 0 Å². The van der Waals surface area contributed by atoms with E-state index in [2.05, 4.69) is 6.92 Å². The largest absolute Gasteiger partial charge is 0.466 e. The van der Waals surface area contributed by atoms with Gasteiger partial charge in [-0.1, -0.05) is 52.5 Å². The van der Waals surface area contributed by atoms with E-state index in [1.54, 1.807) is 26.0 Å². The van der Waals surface area contributed by atoms with Gasteiger partial charge in [-0.2, -0.15) is 0 Å². The Kier molecular flexibility index (Phi) is 15.3. The molecule has 4 rings (SSSR count). The third kappa shape index (κ3) is 11.3. The van der Waals surface area contributed by atoms with E-state index in [1.807, 2.05) is 0 Å². The van der Waals surface area contributed by atoms with Gasteiger partial charge >= 0.3 is 17.9 Å². The molecule has 6 bridgehead atoms. The van der Waals surface area contributed by atoms with Crippen LogP contribution in [-0.2, 0) is 47.5 Å². The highest BCUT2D eigenvalue weighted by atomic mass is 16.7. The van der Waals surface area contributed by atoms with E-state index >= 15 is 0 Å². The summed E-state index contributed by atoms with van der Waals surface area (Å²) in [5.74, 6) is -4.22. The highest BCUT2D eigenvalue weighted by Gasteiger charge is 2.57. The molecule has 9 atom stereocenters. The highest BCUT2D eigenvalue weighted by Crippen LogP contribution is 2.47. The van der Waals surface area contributed by atoms with Gasteiger partial charge in [-0.3, -0.25) is 9.59 Å². The number of esters is 3. The molecule has 3 N–H and O–H groups in total. The Morgan fingerprint density at radius 1 is 1.00 bits per heavy atom. The number of unbranched alkanes of at least 4 members (excludes halogenated alkanes) is 4. The molecule has 0 amide bonds. The first-order valence-corrected chi connectivity index (χ1v) is 18.3. The molecule has 0 aromatic heterocycles.